The zero-order valence-electron chi connectivity index (χ0n) is 12.3. The van der Waals surface area contributed by atoms with E-state index in [0.29, 0.717) is 4.99 Å². The molecule has 2 N–H and O–H groups in total. The molecule has 1 aromatic rings. The third kappa shape index (κ3) is 2.88. The summed E-state index contributed by atoms with van der Waals surface area (Å²) in [6.45, 7) is 3.94. The van der Waals surface area contributed by atoms with Gasteiger partial charge in [0.1, 0.15) is 0 Å². The van der Waals surface area contributed by atoms with E-state index in [-0.39, 0.29) is 6.04 Å². The molecule has 0 amide bonds. The van der Waals surface area contributed by atoms with Crippen LogP contribution in [0, 0.1) is 0 Å². The van der Waals surface area contributed by atoms with Gasteiger partial charge in [-0.25, -0.2) is 0 Å². The monoisotopic (exact) mass is 294 g/mol. The van der Waals surface area contributed by atoms with Gasteiger partial charge in [-0.2, -0.15) is 0 Å². The predicted octanol–water partition coefficient (Wildman–Crippen LogP) is 2.13. The standard InChI is InChI=1S/C15H22N2O2S/c1-4-12(15(16)20)17-6-5-10-7-13(18-2)14(19-3)8-11(10)9-17/h7-8,12H,4-6,9H2,1-3H3,(H2,16,20). The molecule has 5 heteroatoms. The molecule has 1 aromatic carbocycles. The second-order valence-corrected chi connectivity index (χ2v) is 5.49. The fraction of sp³-hybridized carbons (Fsp3) is 0.533. The van der Waals surface area contributed by atoms with Gasteiger partial charge in [0.05, 0.1) is 25.2 Å². The van der Waals surface area contributed by atoms with Crippen LogP contribution in [0.2, 0.25) is 0 Å². The average molecular weight is 294 g/mol. The fourth-order valence-electron chi connectivity index (χ4n) is 2.81. The number of benzene rings is 1. The summed E-state index contributed by atoms with van der Waals surface area (Å²) in [6, 6.07) is 4.31. The summed E-state index contributed by atoms with van der Waals surface area (Å²) in [4.78, 5) is 2.92. The van der Waals surface area contributed by atoms with Crippen molar-refractivity contribution >= 4 is 17.2 Å². The number of hydrogen-bond acceptors (Lipinski definition) is 4. The lowest BCUT2D eigenvalue weighted by molar-refractivity contribution is 0.218. The summed E-state index contributed by atoms with van der Waals surface area (Å²) in [5.74, 6) is 1.57. The largest absolute Gasteiger partial charge is 0.493 e. The summed E-state index contributed by atoms with van der Waals surface area (Å²) in [6.07, 6.45) is 1.92. The molecule has 110 valence electrons. The Balaban J connectivity index is 2.27. The summed E-state index contributed by atoms with van der Waals surface area (Å²) in [5, 5.41) is 0. The van der Waals surface area contributed by atoms with E-state index in [9.17, 15) is 0 Å². The predicted molar refractivity (Wildman–Crippen MR) is 84.5 cm³/mol. The van der Waals surface area contributed by atoms with Crippen molar-refractivity contribution in [2.45, 2.75) is 32.4 Å². The van der Waals surface area contributed by atoms with Gasteiger partial charge in [-0.1, -0.05) is 19.1 Å². The Labute approximate surface area is 125 Å². The highest BCUT2D eigenvalue weighted by Gasteiger charge is 2.25. The highest BCUT2D eigenvalue weighted by molar-refractivity contribution is 7.80. The van der Waals surface area contributed by atoms with Gasteiger partial charge in [-0.05, 0) is 36.1 Å². The molecular weight excluding hydrogens is 272 g/mol. The van der Waals surface area contributed by atoms with Crippen LogP contribution in [0.25, 0.3) is 0 Å². The van der Waals surface area contributed by atoms with Crippen LogP contribution in [0.5, 0.6) is 11.5 Å². The summed E-state index contributed by atoms with van der Waals surface area (Å²) >= 11 is 5.18. The molecule has 1 heterocycles. The summed E-state index contributed by atoms with van der Waals surface area (Å²) in [5.41, 5.74) is 8.43. The van der Waals surface area contributed by atoms with Crippen molar-refractivity contribution in [3.05, 3.63) is 23.3 Å². The molecule has 1 atom stereocenters. The van der Waals surface area contributed by atoms with Gasteiger partial charge in [-0.3, -0.25) is 4.90 Å². The quantitative estimate of drug-likeness (QED) is 0.843. The molecule has 0 saturated carbocycles. The van der Waals surface area contributed by atoms with Crippen LogP contribution >= 0.6 is 12.2 Å². The number of thiocarbonyl (C=S) groups is 1. The average Bonchev–Trinajstić information content (AvgIpc) is 2.46. The second-order valence-electron chi connectivity index (χ2n) is 5.02. The summed E-state index contributed by atoms with van der Waals surface area (Å²) in [7, 11) is 3.33. The van der Waals surface area contributed by atoms with Crippen LogP contribution in [0.4, 0.5) is 0 Å². The van der Waals surface area contributed by atoms with E-state index in [4.69, 9.17) is 27.4 Å². The maximum absolute atomic E-state index is 5.84. The fourth-order valence-corrected chi connectivity index (χ4v) is 3.13. The zero-order chi connectivity index (χ0) is 14.7. The van der Waals surface area contributed by atoms with Crippen LogP contribution in [0.15, 0.2) is 12.1 Å². The lowest BCUT2D eigenvalue weighted by Crippen LogP contribution is -2.45. The van der Waals surface area contributed by atoms with Crippen molar-refractivity contribution in [1.29, 1.82) is 0 Å². The Kier molecular flexibility index (Phi) is 4.83. The van der Waals surface area contributed by atoms with Crippen LogP contribution in [-0.2, 0) is 13.0 Å². The molecule has 0 radical (unpaired) electrons. The normalized spacial score (nSPS) is 16.4. The van der Waals surface area contributed by atoms with Gasteiger partial charge < -0.3 is 15.2 Å². The Morgan fingerprint density at radius 1 is 1.30 bits per heavy atom. The molecule has 0 aliphatic carbocycles. The number of rotatable bonds is 5. The first-order chi connectivity index (χ1) is 9.60. The van der Waals surface area contributed by atoms with Crippen LogP contribution in [0.3, 0.4) is 0 Å². The van der Waals surface area contributed by atoms with Gasteiger partial charge in [0.15, 0.2) is 11.5 Å². The molecule has 0 bridgehead atoms. The second kappa shape index (κ2) is 6.41. The summed E-state index contributed by atoms with van der Waals surface area (Å²) < 4.78 is 10.7. The number of hydrogen-bond donors (Lipinski definition) is 1. The number of fused-ring (bicyclic) bond motifs is 1. The molecule has 1 unspecified atom stereocenters. The minimum absolute atomic E-state index is 0.172. The highest BCUT2D eigenvalue weighted by Crippen LogP contribution is 2.33. The Morgan fingerprint density at radius 3 is 2.40 bits per heavy atom. The van der Waals surface area contributed by atoms with Gasteiger partial charge >= 0.3 is 0 Å². The van der Waals surface area contributed by atoms with E-state index in [2.05, 4.69) is 24.0 Å². The smallest absolute Gasteiger partial charge is 0.161 e. The molecule has 0 spiro atoms. The van der Waals surface area contributed by atoms with Crippen molar-refractivity contribution in [2.24, 2.45) is 5.73 Å². The third-order valence-corrected chi connectivity index (χ3v) is 4.18. The minimum atomic E-state index is 0.172. The van der Waals surface area contributed by atoms with Crippen LogP contribution in [-0.4, -0.2) is 36.7 Å². The van der Waals surface area contributed by atoms with Crippen molar-refractivity contribution in [1.82, 2.24) is 4.90 Å². The number of methoxy groups -OCH3 is 2. The first-order valence-corrected chi connectivity index (χ1v) is 7.28. The Bertz CT molecular complexity index is 505. The van der Waals surface area contributed by atoms with Crippen LogP contribution in [0.1, 0.15) is 24.5 Å². The molecule has 1 aliphatic rings. The van der Waals surface area contributed by atoms with E-state index in [1.807, 2.05) is 0 Å². The molecular formula is C15H22N2O2S. The molecule has 0 saturated heterocycles. The van der Waals surface area contributed by atoms with Crippen molar-refractivity contribution in [3.63, 3.8) is 0 Å². The van der Waals surface area contributed by atoms with E-state index in [0.717, 1.165) is 37.4 Å². The van der Waals surface area contributed by atoms with Gasteiger partial charge in [0.25, 0.3) is 0 Å². The van der Waals surface area contributed by atoms with Crippen molar-refractivity contribution in [3.8, 4) is 11.5 Å². The van der Waals surface area contributed by atoms with Crippen molar-refractivity contribution in [2.75, 3.05) is 20.8 Å². The zero-order valence-corrected chi connectivity index (χ0v) is 13.1. The van der Waals surface area contributed by atoms with Gasteiger partial charge in [-0.15, -0.1) is 0 Å². The lowest BCUT2D eigenvalue weighted by atomic mass is 9.97. The van der Waals surface area contributed by atoms with E-state index >= 15 is 0 Å². The van der Waals surface area contributed by atoms with Gasteiger partial charge in [0, 0.05) is 13.1 Å². The third-order valence-electron chi connectivity index (χ3n) is 3.90. The minimum Gasteiger partial charge on any atom is -0.493 e. The first kappa shape index (κ1) is 15.1. The van der Waals surface area contributed by atoms with E-state index < -0.39 is 0 Å². The maximum Gasteiger partial charge on any atom is 0.161 e. The molecule has 20 heavy (non-hydrogen) atoms. The Hall–Kier alpha value is -1.33. The van der Waals surface area contributed by atoms with E-state index in [1.165, 1.54) is 11.1 Å². The number of nitrogens with two attached hydrogens (primary N) is 1. The maximum atomic E-state index is 5.84. The highest BCUT2D eigenvalue weighted by atomic mass is 32.1. The van der Waals surface area contributed by atoms with Gasteiger partial charge in [0.2, 0.25) is 0 Å². The van der Waals surface area contributed by atoms with E-state index in [1.54, 1.807) is 14.2 Å². The Morgan fingerprint density at radius 2 is 1.90 bits per heavy atom. The first-order valence-electron chi connectivity index (χ1n) is 6.87. The molecule has 0 aromatic heterocycles. The van der Waals surface area contributed by atoms with Crippen LogP contribution < -0.4 is 15.2 Å². The SMILES string of the molecule is CCC(C(N)=S)N1CCc2cc(OC)c(OC)cc2C1. The molecule has 1 aliphatic heterocycles. The topological polar surface area (TPSA) is 47.7 Å². The number of ether oxygens (including phenoxy) is 2. The molecule has 2 rings (SSSR count). The molecule has 0 fully saturated rings. The van der Waals surface area contributed by atoms with Crippen molar-refractivity contribution < 1.29 is 9.47 Å². The molecule has 4 nitrogen and oxygen atoms in total. The lowest BCUT2D eigenvalue weighted by Gasteiger charge is -2.35. The number of nitrogens with zero attached hydrogens (tertiary/aromatic N) is 1.